The number of aromatic nitrogens is 2. The number of anilines is 2. The van der Waals surface area contributed by atoms with Crippen LogP contribution in [0.1, 0.15) is 42.9 Å². The molecule has 1 saturated heterocycles. The molecule has 1 saturated carbocycles. The number of amides is 3. The molecule has 6 rings (SSSR count). The number of halogens is 3. The molecule has 2 aromatic carbocycles. The summed E-state index contributed by atoms with van der Waals surface area (Å²) < 4.78 is 29.4. The maximum absolute atomic E-state index is 14.8. The largest absolute Gasteiger partial charge is 0.351 e. The summed E-state index contributed by atoms with van der Waals surface area (Å²) in [5, 5.41) is 13.1. The van der Waals surface area contributed by atoms with Gasteiger partial charge in [-0.1, -0.05) is 29.8 Å². The standard InChI is InChI=1S/C32H27ClF2N6O3/c1-39-13-11-20-15-22(6-7-25(20)39)40(31(44)26-8-9-28(42)41(26)27-14-19(18-36)10-12-37-27)29(23-4-2-3-5-24(23)33)30(43)38-21-16-32(34,35)17-21/h2-7,10-15,21,26,29H,8-9,16-17H2,1H3,(H,38,43)/t26?,29-/m0/s1. The third-order valence-corrected chi connectivity index (χ3v) is 8.49. The van der Waals surface area contributed by atoms with E-state index in [2.05, 4.69) is 10.3 Å². The Hall–Kier alpha value is -4.82. The average Bonchev–Trinajstić information content (AvgIpc) is 3.56. The molecule has 224 valence electrons. The van der Waals surface area contributed by atoms with Crippen molar-refractivity contribution in [2.75, 3.05) is 9.80 Å². The number of carbonyl (C=O) groups is 3. The number of fused-ring (bicyclic) bond motifs is 1. The van der Waals surface area contributed by atoms with Gasteiger partial charge in [0.15, 0.2) is 0 Å². The first kappa shape index (κ1) is 29.3. The molecule has 2 atom stereocenters. The molecular formula is C32H27ClF2N6O3. The number of aryl methyl sites for hydroxylation is 1. The molecule has 9 nitrogen and oxygen atoms in total. The molecule has 0 radical (unpaired) electrons. The lowest BCUT2D eigenvalue weighted by Crippen LogP contribution is -2.56. The van der Waals surface area contributed by atoms with E-state index in [1.165, 1.54) is 28.1 Å². The van der Waals surface area contributed by atoms with Gasteiger partial charge >= 0.3 is 0 Å². The van der Waals surface area contributed by atoms with E-state index in [9.17, 15) is 28.4 Å². The smallest absolute Gasteiger partial charge is 0.252 e. The summed E-state index contributed by atoms with van der Waals surface area (Å²) in [5.41, 5.74) is 1.79. The van der Waals surface area contributed by atoms with Crippen molar-refractivity contribution in [1.29, 1.82) is 5.26 Å². The molecule has 44 heavy (non-hydrogen) atoms. The van der Waals surface area contributed by atoms with Crippen LogP contribution in [0.4, 0.5) is 20.3 Å². The Morgan fingerprint density at radius 1 is 1.16 bits per heavy atom. The molecule has 3 heterocycles. The zero-order valence-electron chi connectivity index (χ0n) is 23.6. The summed E-state index contributed by atoms with van der Waals surface area (Å²) in [6, 6.07) is 15.4. The van der Waals surface area contributed by atoms with E-state index >= 15 is 0 Å². The molecule has 12 heteroatoms. The minimum atomic E-state index is -2.87. The fraction of sp³-hybridized carbons (Fsp3) is 0.281. The highest BCUT2D eigenvalue weighted by Gasteiger charge is 2.48. The number of nitriles is 1. The van der Waals surface area contributed by atoms with Crippen LogP contribution in [-0.2, 0) is 21.4 Å². The van der Waals surface area contributed by atoms with Crippen LogP contribution in [-0.4, -0.2) is 45.3 Å². The van der Waals surface area contributed by atoms with Crippen molar-refractivity contribution < 1.29 is 23.2 Å². The second-order valence-electron chi connectivity index (χ2n) is 11.1. The number of rotatable bonds is 7. The summed E-state index contributed by atoms with van der Waals surface area (Å²) in [6.07, 6.45) is 2.40. The van der Waals surface area contributed by atoms with E-state index < -0.39 is 48.7 Å². The van der Waals surface area contributed by atoms with Crippen LogP contribution in [0, 0.1) is 11.3 Å². The number of hydrogen-bond acceptors (Lipinski definition) is 5. The van der Waals surface area contributed by atoms with Crippen LogP contribution in [0.15, 0.2) is 73.1 Å². The fourth-order valence-electron chi connectivity index (χ4n) is 5.95. The number of pyridine rings is 1. The number of nitrogens with zero attached hydrogens (tertiary/aromatic N) is 5. The van der Waals surface area contributed by atoms with Crippen LogP contribution in [0.5, 0.6) is 0 Å². The summed E-state index contributed by atoms with van der Waals surface area (Å²) in [6.45, 7) is 0. The van der Waals surface area contributed by atoms with Crippen molar-refractivity contribution >= 4 is 51.7 Å². The SMILES string of the molecule is Cn1ccc2cc(N(C(=O)C3CCC(=O)N3c3cc(C#N)ccn3)[C@H](C(=O)NC3CC(F)(F)C3)c3ccccc3Cl)ccc21. The first-order valence-corrected chi connectivity index (χ1v) is 14.4. The van der Waals surface area contributed by atoms with Gasteiger partial charge in [-0.05, 0) is 48.9 Å². The molecule has 3 amide bonds. The van der Waals surface area contributed by atoms with E-state index in [1.54, 1.807) is 36.4 Å². The summed E-state index contributed by atoms with van der Waals surface area (Å²) in [5.74, 6) is -4.37. The van der Waals surface area contributed by atoms with Gasteiger partial charge in [-0.2, -0.15) is 5.26 Å². The van der Waals surface area contributed by atoms with E-state index in [4.69, 9.17) is 11.6 Å². The minimum Gasteiger partial charge on any atom is -0.351 e. The summed E-state index contributed by atoms with van der Waals surface area (Å²) >= 11 is 6.62. The van der Waals surface area contributed by atoms with Crippen LogP contribution in [0.25, 0.3) is 10.9 Å². The van der Waals surface area contributed by atoms with Gasteiger partial charge in [0, 0.05) is 71.9 Å². The van der Waals surface area contributed by atoms with Crippen molar-refractivity contribution in [3.05, 3.63) is 89.2 Å². The molecule has 2 aliphatic rings. The van der Waals surface area contributed by atoms with E-state index in [0.29, 0.717) is 11.3 Å². The predicted molar refractivity (Wildman–Crippen MR) is 160 cm³/mol. The molecule has 1 N–H and O–H groups in total. The minimum absolute atomic E-state index is 0.0422. The maximum atomic E-state index is 14.8. The monoisotopic (exact) mass is 616 g/mol. The molecule has 1 unspecified atom stereocenters. The zero-order chi connectivity index (χ0) is 31.2. The Labute approximate surface area is 256 Å². The third kappa shape index (κ3) is 5.37. The van der Waals surface area contributed by atoms with Gasteiger partial charge in [-0.25, -0.2) is 13.8 Å². The highest BCUT2D eigenvalue weighted by atomic mass is 35.5. The van der Waals surface area contributed by atoms with Crippen molar-refractivity contribution in [3.8, 4) is 6.07 Å². The maximum Gasteiger partial charge on any atom is 0.252 e. The number of alkyl halides is 2. The van der Waals surface area contributed by atoms with Gasteiger partial charge < -0.3 is 9.88 Å². The molecule has 0 spiro atoms. The number of hydrogen-bond donors (Lipinski definition) is 1. The molecule has 0 bridgehead atoms. The first-order valence-electron chi connectivity index (χ1n) is 14.1. The van der Waals surface area contributed by atoms with Gasteiger partial charge in [0.25, 0.3) is 11.8 Å². The van der Waals surface area contributed by atoms with Crippen molar-refractivity contribution in [3.63, 3.8) is 0 Å². The topological polar surface area (TPSA) is 111 Å². The lowest BCUT2D eigenvalue weighted by Gasteiger charge is -2.39. The van der Waals surface area contributed by atoms with Gasteiger partial charge in [-0.15, -0.1) is 0 Å². The summed E-state index contributed by atoms with van der Waals surface area (Å²) in [7, 11) is 1.88. The van der Waals surface area contributed by atoms with Crippen LogP contribution in [0.3, 0.4) is 0 Å². The average molecular weight is 617 g/mol. The Balaban J connectivity index is 1.48. The van der Waals surface area contributed by atoms with Crippen LogP contribution in [0.2, 0.25) is 5.02 Å². The Kier molecular flexibility index (Phi) is 7.55. The Morgan fingerprint density at radius 3 is 2.66 bits per heavy atom. The highest BCUT2D eigenvalue weighted by molar-refractivity contribution is 6.31. The molecular weight excluding hydrogens is 590 g/mol. The van der Waals surface area contributed by atoms with E-state index in [0.717, 1.165) is 10.9 Å². The quantitative estimate of drug-likeness (QED) is 0.304. The molecule has 1 aliphatic carbocycles. The normalized spacial score (nSPS) is 18.5. The second kappa shape index (κ2) is 11.4. The fourth-order valence-corrected chi connectivity index (χ4v) is 6.18. The molecule has 4 aromatic rings. The van der Waals surface area contributed by atoms with Gasteiger partial charge in [-0.3, -0.25) is 24.2 Å². The van der Waals surface area contributed by atoms with Crippen LogP contribution < -0.4 is 15.1 Å². The highest BCUT2D eigenvalue weighted by Crippen LogP contribution is 2.40. The van der Waals surface area contributed by atoms with Gasteiger partial charge in [0.2, 0.25) is 11.8 Å². The number of nitrogens with one attached hydrogen (secondary N) is 1. The van der Waals surface area contributed by atoms with Crippen molar-refractivity contribution in [1.82, 2.24) is 14.9 Å². The van der Waals surface area contributed by atoms with Gasteiger partial charge in [0.05, 0.1) is 11.6 Å². The lowest BCUT2D eigenvalue weighted by atomic mass is 9.87. The predicted octanol–water partition coefficient (Wildman–Crippen LogP) is 5.28. The second-order valence-corrected chi connectivity index (χ2v) is 11.5. The lowest BCUT2D eigenvalue weighted by molar-refractivity contribution is -0.133. The van der Waals surface area contributed by atoms with Gasteiger partial charge in [0.1, 0.15) is 17.9 Å². The van der Waals surface area contributed by atoms with Crippen LogP contribution >= 0.6 is 11.6 Å². The number of carbonyl (C=O) groups excluding carboxylic acids is 3. The Morgan fingerprint density at radius 2 is 1.93 bits per heavy atom. The summed E-state index contributed by atoms with van der Waals surface area (Å²) in [4.78, 5) is 48.8. The van der Waals surface area contributed by atoms with E-state index in [-0.39, 0.29) is 35.2 Å². The van der Waals surface area contributed by atoms with Crippen molar-refractivity contribution in [2.24, 2.45) is 7.05 Å². The molecule has 2 fully saturated rings. The zero-order valence-corrected chi connectivity index (χ0v) is 24.3. The first-order chi connectivity index (χ1) is 21.1. The molecule has 1 aliphatic heterocycles. The Bertz CT molecular complexity index is 1830. The number of benzene rings is 2. The third-order valence-electron chi connectivity index (χ3n) is 8.15. The molecule has 2 aromatic heterocycles. The van der Waals surface area contributed by atoms with Crippen molar-refractivity contribution in [2.45, 2.75) is 49.7 Å². The van der Waals surface area contributed by atoms with E-state index in [1.807, 2.05) is 36.0 Å².